The predicted molar refractivity (Wildman–Crippen MR) is 124 cm³/mol. The van der Waals surface area contributed by atoms with Gasteiger partial charge in [-0.15, -0.1) is 11.3 Å². The first-order chi connectivity index (χ1) is 14.7. The molecular formula is C26H24N2OS. The zero-order valence-corrected chi connectivity index (χ0v) is 17.6. The molecule has 30 heavy (non-hydrogen) atoms. The topological polar surface area (TPSA) is 25.2 Å². The van der Waals surface area contributed by atoms with Gasteiger partial charge in [0.15, 0.2) is 0 Å². The van der Waals surface area contributed by atoms with Crippen LogP contribution >= 0.6 is 11.3 Å². The van der Waals surface area contributed by atoms with E-state index < -0.39 is 0 Å². The maximum Gasteiger partial charge on any atom is 0.258 e. The molecule has 4 heterocycles. The van der Waals surface area contributed by atoms with Gasteiger partial charge >= 0.3 is 0 Å². The highest BCUT2D eigenvalue weighted by atomic mass is 32.1. The van der Waals surface area contributed by atoms with E-state index in [1.165, 1.54) is 27.8 Å². The Balaban J connectivity index is 1.34. The van der Waals surface area contributed by atoms with E-state index in [0.29, 0.717) is 11.8 Å². The number of piperidine rings is 1. The second-order valence-corrected chi connectivity index (χ2v) is 9.75. The molecule has 0 N–H and O–H groups in total. The molecule has 1 saturated heterocycles. The normalized spacial score (nSPS) is 20.9. The third-order valence-corrected chi connectivity index (χ3v) is 7.56. The molecule has 150 valence electrons. The minimum Gasteiger partial charge on any atom is -0.311 e. The van der Waals surface area contributed by atoms with Crippen molar-refractivity contribution in [2.45, 2.75) is 25.4 Å². The molecule has 0 amide bonds. The average molecular weight is 413 g/mol. The Kier molecular flexibility index (Phi) is 4.36. The van der Waals surface area contributed by atoms with Crippen LogP contribution in [0.1, 0.15) is 22.9 Å². The third kappa shape index (κ3) is 3.11. The van der Waals surface area contributed by atoms with Crippen LogP contribution in [0.5, 0.6) is 0 Å². The number of pyridine rings is 1. The van der Waals surface area contributed by atoms with Gasteiger partial charge in [0, 0.05) is 48.2 Å². The van der Waals surface area contributed by atoms with E-state index in [9.17, 15) is 4.79 Å². The second kappa shape index (κ2) is 7.22. The molecule has 4 aromatic rings. The highest BCUT2D eigenvalue weighted by Gasteiger charge is 2.35. The minimum absolute atomic E-state index is 0.171. The van der Waals surface area contributed by atoms with Crippen LogP contribution in [-0.4, -0.2) is 22.6 Å². The first kappa shape index (κ1) is 18.1. The molecule has 2 atom stereocenters. The van der Waals surface area contributed by atoms with Crippen molar-refractivity contribution in [2.24, 2.45) is 5.92 Å². The summed E-state index contributed by atoms with van der Waals surface area (Å²) in [7, 11) is 0. The smallest absolute Gasteiger partial charge is 0.258 e. The summed E-state index contributed by atoms with van der Waals surface area (Å²) in [6.07, 6.45) is 1.20. The molecule has 0 saturated carbocycles. The van der Waals surface area contributed by atoms with Crippen LogP contribution in [0.25, 0.3) is 21.9 Å². The number of hydrogen-bond acceptors (Lipinski definition) is 3. The Labute approximate surface area is 180 Å². The molecular weight excluding hydrogens is 388 g/mol. The van der Waals surface area contributed by atoms with Crippen molar-refractivity contribution in [3.05, 3.63) is 93.0 Å². The van der Waals surface area contributed by atoms with Crippen LogP contribution in [-0.2, 0) is 13.1 Å². The van der Waals surface area contributed by atoms with Gasteiger partial charge in [-0.2, -0.15) is 0 Å². The summed E-state index contributed by atoms with van der Waals surface area (Å²) < 4.78 is 2.08. The zero-order valence-electron chi connectivity index (χ0n) is 16.8. The van der Waals surface area contributed by atoms with E-state index in [4.69, 9.17) is 0 Å². The molecule has 4 heteroatoms. The molecule has 6 rings (SSSR count). The fourth-order valence-electron chi connectivity index (χ4n) is 5.37. The minimum atomic E-state index is 0.171. The van der Waals surface area contributed by atoms with E-state index in [-0.39, 0.29) is 5.56 Å². The van der Waals surface area contributed by atoms with Gasteiger partial charge < -0.3 is 4.57 Å². The molecule has 0 unspecified atom stereocenters. The van der Waals surface area contributed by atoms with Gasteiger partial charge in [-0.05, 0) is 58.3 Å². The maximum absolute atomic E-state index is 13.5. The van der Waals surface area contributed by atoms with Gasteiger partial charge in [-0.25, -0.2) is 0 Å². The summed E-state index contributed by atoms with van der Waals surface area (Å²) >= 11 is 1.84. The SMILES string of the molecule is O=c1c(-c2ccc3ccccc3c2)ccc2n1C[C@@H]1C[C@@H]2CN(Cc2cccs2)C1. The summed E-state index contributed by atoms with van der Waals surface area (Å²) in [5, 5.41) is 4.54. The fourth-order valence-corrected chi connectivity index (χ4v) is 6.12. The second-order valence-electron chi connectivity index (χ2n) is 8.72. The van der Waals surface area contributed by atoms with Gasteiger partial charge in [-0.3, -0.25) is 9.69 Å². The van der Waals surface area contributed by atoms with Gasteiger partial charge in [0.05, 0.1) is 0 Å². The lowest BCUT2D eigenvalue weighted by molar-refractivity contribution is 0.115. The predicted octanol–water partition coefficient (Wildman–Crippen LogP) is 5.35. The standard InChI is InChI=1S/C26H24N2OS/c29-26-24(21-8-7-19-4-1-2-5-20(19)13-21)9-10-25-22-12-18(15-28(25)26)14-27(16-22)17-23-6-3-11-30-23/h1-11,13,18,22H,12,14-17H2/t18-,22-/m1/s1. The first-order valence-corrected chi connectivity index (χ1v) is 11.6. The number of fused-ring (bicyclic) bond motifs is 5. The Bertz CT molecular complexity index is 1270. The molecule has 2 bridgehead atoms. The molecule has 1 fully saturated rings. The zero-order chi connectivity index (χ0) is 20.1. The van der Waals surface area contributed by atoms with Crippen LogP contribution in [0.15, 0.2) is 76.9 Å². The van der Waals surface area contributed by atoms with E-state index in [2.05, 4.69) is 81.6 Å². The average Bonchev–Trinajstić information content (AvgIpc) is 3.27. The van der Waals surface area contributed by atoms with Crippen molar-refractivity contribution >= 4 is 22.1 Å². The Morgan fingerprint density at radius 3 is 2.67 bits per heavy atom. The highest BCUT2D eigenvalue weighted by molar-refractivity contribution is 7.09. The van der Waals surface area contributed by atoms with Crippen LogP contribution in [0.2, 0.25) is 0 Å². The van der Waals surface area contributed by atoms with Crippen LogP contribution in [0.3, 0.4) is 0 Å². The lowest BCUT2D eigenvalue weighted by atomic mass is 9.82. The molecule has 2 aliphatic heterocycles. The van der Waals surface area contributed by atoms with Crippen molar-refractivity contribution in [3.63, 3.8) is 0 Å². The lowest BCUT2D eigenvalue weighted by Crippen LogP contribution is -2.46. The Morgan fingerprint density at radius 1 is 0.900 bits per heavy atom. The highest BCUT2D eigenvalue weighted by Crippen LogP contribution is 2.36. The molecule has 0 aliphatic carbocycles. The van der Waals surface area contributed by atoms with Crippen molar-refractivity contribution < 1.29 is 0 Å². The monoisotopic (exact) mass is 412 g/mol. The number of thiophene rings is 1. The molecule has 2 aliphatic rings. The van der Waals surface area contributed by atoms with Crippen molar-refractivity contribution in [3.8, 4) is 11.1 Å². The number of benzene rings is 2. The lowest BCUT2D eigenvalue weighted by Gasteiger charge is -2.42. The summed E-state index contributed by atoms with van der Waals surface area (Å²) in [5.74, 6) is 1.01. The van der Waals surface area contributed by atoms with Crippen LogP contribution in [0.4, 0.5) is 0 Å². The molecule has 0 spiro atoms. The van der Waals surface area contributed by atoms with Gasteiger partial charge in [-0.1, -0.05) is 42.5 Å². The Morgan fingerprint density at radius 2 is 1.80 bits per heavy atom. The molecule has 2 aromatic heterocycles. The quantitative estimate of drug-likeness (QED) is 0.453. The first-order valence-electron chi connectivity index (χ1n) is 10.7. The number of rotatable bonds is 3. The van der Waals surface area contributed by atoms with Gasteiger partial charge in [0.25, 0.3) is 5.56 Å². The number of likely N-dealkylation sites (tertiary alicyclic amines) is 1. The molecule has 0 radical (unpaired) electrons. The number of nitrogens with zero attached hydrogens (tertiary/aromatic N) is 2. The van der Waals surface area contributed by atoms with Crippen molar-refractivity contribution in [1.82, 2.24) is 9.47 Å². The Hall–Kier alpha value is -2.69. The van der Waals surface area contributed by atoms with Crippen LogP contribution < -0.4 is 5.56 Å². The van der Waals surface area contributed by atoms with E-state index in [1.54, 1.807) is 0 Å². The van der Waals surface area contributed by atoms with Crippen molar-refractivity contribution in [1.29, 1.82) is 0 Å². The van der Waals surface area contributed by atoms with E-state index in [0.717, 1.165) is 37.3 Å². The third-order valence-electron chi connectivity index (χ3n) is 6.70. The van der Waals surface area contributed by atoms with Gasteiger partial charge in [0.1, 0.15) is 0 Å². The van der Waals surface area contributed by atoms with Gasteiger partial charge in [0.2, 0.25) is 0 Å². The van der Waals surface area contributed by atoms with E-state index >= 15 is 0 Å². The van der Waals surface area contributed by atoms with E-state index in [1.807, 2.05) is 11.3 Å². The van der Waals surface area contributed by atoms with Crippen molar-refractivity contribution in [2.75, 3.05) is 13.1 Å². The largest absolute Gasteiger partial charge is 0.311 e. The summed E-state index contributed by atoms with van der Waals surface area (Å²) in [6, 6.07) is 23.3. The maximum atomic E-state index is 13.5. The van der Waals surface area contributed by atoms with Crippen LogP contribution in [0, 0.1) is 5.92 Å². The summed E-state index contributed by atoms with van der Waals surface area (Å²) in [4.78, 5) is 17.5. The summed E-state index contributed by atoms with van der Waals surface area (Å²) in [5.41, 5.74) is 3.23. The summed E-state index contributed by atoms with van der Waals surface area (Å²) in [6.45, 7) is 4.00. The number of hydrogen-bond donors (Lipinski definition) is 0. The molecule has 3 nitrogen and oxygen atoms in total. The number of aromatic nitrogens is 1. The molecule has 2 aromatic carbocycles. The fraction of sp³-hybridized carbons (Fsp3) is 0.269.